The second kappa shape index (κ2) is 9.57. The molecule has 2 heterocycles. The number of thioether (sulfide) groups is 1. The maximum atomic E-state index is 11.9. The molecule has 8 heteroatoms. The van der Waals surface area contributed by atoms with E-state index >= 15 is 0 Å². The maximum absolute atomic E-state index is 11.9. The number of hydrogen-bond donors (Lipinski definition) is 1. The van der Waals surface area contributed by atoms with Gasteiger partial charge in [0.25, 0.3) is 0 Å². The molecule has 0 spiro atoms. The Hall–Kier alpha value is -2.32. The molecule has 2 aromatic heterocycles. The summed E-state index contributed by atoms with van der Waals surface area (Å²) in [4.78, 5) is 16.5. The number of hydrogen-bond acceptors (Lipinski definition) is 7. The SMILES string of the molecule is CCOc1ccc(-c2nc(CSCCC(=O)Nc3cc(C)on3)cs2)cc1. The summed E-state index contributed by atoms with van der Waals surface area (Å²) < 4.78 is 10.4. The third kappa shape index (κ3) is 5.83. The zero-order valence-corrected chi connectivity index (χ0v) is 16.9. The minimum Gasteiger partial charge on any atom is -0.494 e. The van der Waals surface area contributed by atoms with Gasteiger partial charge in [-0.15, -0.1) is 11.3 Å². The van der Waals surface area contributed by atoms with Crippen LogP contribution < -0.4 is 10.1 Å². The van der Waals surface area contributed by atoms with Crippen LogP contribution in [0.3, 0.4) is 0 Å². The number of nitrogens with zero attached hydrogens (tertiary/aromatic N) is 2. The smallest absolute Gasteiger partial charge is 0.226 e. The van der Waals surface area contributed by atoms with Crippen LogP contribution in [0.2, 0.25) is 0 Å². The van der Waals surface area contributed by atoms with Crippen LogP contribution >= 0.6 is 23.1 Å². The molecular formula is C19H21N3O3S2. The third-order valence-electron chi connectivity index (χ3n) is 3.58. The summed E-state index contributed by atoms with van der Waals surface area (Å²) in [5.74, 6) is 3.44. The first-order valence-electron chi connectivity index (χ1n) is 8.62. The van der Waals surface area contributed by atoms with Gasteiger partial charge >= 0.3 is 0 Å². The lowest BCUT2D eigenvalue weighted by Crippen LogP contribution is -2.12. The van der Waals surface area contributed by atoms with E-state index in [0.717, 1.165) is 33.5 Å². The van der Waals surface area contributed by atoms with Crippen molar-refractivity contribution < 1.29 is 14.1 Å². The monoisotopic (exact) mass is 403 g/mol. The van der Waals surface area contributed by atoms with Crippen molar-refractivity contribution in [3.63, 3.8) is 0 Å². The molecular weight excluding hydrogens is 382 g/mol. The Morgan fingerprint density at radius 2 is 2.15 bits per heavy atom. The van der Waals surface area contributed by atoms with Gasteiger partial charge in [0.05, 0.1) is 12.3 Å². The van der Waals surface area contributed by atoms with Crippen molar-refractivity contribution >= 4 is 34.8 Å². The van der Waals surface area contributed by atoms with Crippen molar-refractivity contribution in [2.45, 2.75) is 26.0 Å². The van der Waals surface area contributed by atoms with Crippen molar-refractivity contribution in [3.8, 4) is 16.3 Å². The molecule has 0 atom stereocenters. The van der Waals surface area contributed by atoms with Crippen LogP contribution in [-0.2, 0) is 10.5 Å². The van der Waals surface area contributed by atoms with E-state index in [0.29, 0.717) is 24.6 Å². The van der Waals surface area contributed by atoms with Crippen LogP contribution in [0.15, 0.2) is 40.2 Å². The Morgan fingerprint density at radius 1 is 1.33 bits per heavy atom. The molecule has 0 radical (unpaired) electrons. The van der Waals surface area contributed by atoms with Gasteiger partial charge in [0.2, 0.25) is 5.91 Å². The molecule has 1 amide bonds. The Kier molecular flexibility index (Phi) is 6.89. The van der Waals surface area contributed by atoms with Crippen molar-refractivity contribution in [1.82, 2.24) is 10.1 Å². The van der Waals surface area contributed by atoms with Gasteiger partial charge in [0, 0.05) is 34.9 Å². The number of nitrogens with one attached hydrogen (secondary N) is 1. The van der Waals surface area contributed by atoms with E-state index in [4.69, 9.17) is 9.26 Å². The van der Waals surface area contributed by atoms with Gasteiger partial charge in [0.15, 0.2) is 5.82 Å². The van der Waals surface area contributed by atoms with Crippen LogP contribution in [0.1, 0.15) is 24.8 Å². The van der Waals surface area contributed by atoms with Gasteiger partial charge < -0.3 is 14.6 Å². The molecule has 0 aliphatic carbocycles. The first-order chi connectivity index (χ1) is 13.1. The minimum absolute atomic E-state index is 0.0656. The molecule has 0 bridgehead atoms. The Balaban J connectivity index is 1.42. The number of rotatable bonds is 9. The molecule has 0 saturated carbocycles. The molecule has 6 nitrogen and oxygen atoms in total. The fourth-order valence-corrected chi connectivity index (χ4v) is 4.10. The number of aromatic nitrogens is 2. The van der Waals surface area contributed by atoms with Crippen molar-refractivity contribution in [2.75, 3.05) is 17.7 Å². The summed E-state index contributed by atoms with van der Waals surface area (Å²) in [7, 11) is 0. The summed E-state index contributed by atoms with van der Waals surface area (Å²) >= 11 is 3.31. The summed E-state index contributed by atoms with van der Waals surface area (Å²) in [5.41, 5.74) is 2.11. The van der Waals surface area contributed by atoms with E-state index in [2.05, 4.69) is 20.8 Å². The predicted molar refractivity (Wildman–Crippen MR) is 109 cm³/mol. The summed E-state index contributed by atoms with van der Waals surface area (Å²) in [6, 6.07) is 9.67. The third-order valence-corrected chi connectivity index (χ3v) is 5.52. The fourth-order valence-electron chi connectivity index (χ4n) is 2.34. The zero-order valence-electron chi connectivity index (χ0n) is 15.2. The molecule has 1 N–H and O–H groups in total. The lowest BCUT2D eigenvalue weighted by Gasteiger charge is -2.03. The Morgan fingerprint density at radius 3 is 2.85 bits per heavy atom. The van der Waals surface area contributed by atoms with Gasteiger partial charge in [-0.2, -0.15) is 11.8 Å². The van der Waals surface area contributed by atoms with E-state index in [1.54, 1.807) is 36.1 Å². The van der Waals surface area contributed by atoms with Crippen molar-refractivity contribution in [1.29, 1.82) is 0 Å². The van der Waals surface area contributed by atoms with Crippen LogP contribution in [0.5, 0.6) is 5.75 Å². The lowest BCUT2D eigenvalue weighted by atomic mass is 10.2. The molecule has 0 fully saturated rings. The molecule has 27 heavy (non-hydrogen) atoms. The topological polar surface area (TPSA) is 77.2 Å². The molecule has 1 aromatic carbocycles. The van der Waals surface area contributed by atoms with E-state index in [9.17, 15) is 4.79 Å². The number of ether oxygens (including phenoxy) is 1. The second-order valence-electron chi connectivity index (χ2n) is 5.77. The molecule has 3 aromatic rings. The zero-order chi connectivity index (χ0) is 19.1. The highest BCUT2D eigenvalue weighted by atomic mass is 32.2. The highest BCUT2D eigenvalue weighted by Gasteiger charge is 2.08. The quantitative estimate of drug-likeness (QED) is 0.519. The van der Waals surface area contributed by atoms with E-state index < -0.39 is 0 Å². The normalized spacial score (nSPS) is 10.7. The van der Waals surface area contributed by atoms with Crippen molar-refractivity contribution in [2.24, 2.45) is 0 Å². The van der Waals surface area contributed by atoms with Gasteiger partial charge in [-0.3, -0.25) is 4.79 Å². The van der Waals surface area contributed by atoms with Crippen molar-refractivity contribution in [3.05, 3.63) is 47.2 Å². The summed E-state index contributed by atoms with van der Waals surface area (Å²) in [6.07, 6.45) is 0.423. The first-order valence-corrected chi connectivity index (χ1v) is 10.7. The number of anilines is 1. The highest BCUT2D eigenvalue weighted by Crippen LogP contribution is 2.27. The van der Waals surface area contributed by atoms with Crippen LogP contribution in [0.25, 0.3) is 10.6 Å². The largest absolute Gasteiger partial charge is 0.494 e. The molecule has 3 rings (SSSR count). The predicted octanol–water partition coefficient (Wildman–Crippen LogP) is 4.77. The van der Waals surface area contributed by atoms with Gasteiger partial charge in [-0.05, 0) is 38.1 Å². The molecule has 0 saturated heterocycles. The average molecular weight is 404 g/mol. The van der Waals surface area contributed by atoms with Gasteiger partial charge in [-0.25, -0.2) is 4.98 Å². The first kappa shape index (κ1) is 19.4. The lowest BCUT2D eigenvalue weighted by molar-refractivity contribution is -0.115. The highest BCUT2D eigenvalue weighted by molar-refractivity contribution is 7.98. The van der Waals surface area contributed by atoms with E-state index in [-0.39, 0.29) is 5.91 Å². The molecule has 142 valence electrons. The maximum Gasteiger partial charge on any atom is 0.226 e. The summed E-state index contributed by atoms with van der Waals surface area (Å²) in [6.45, 7) is 4.42. The minimum atomic E-state index is -0.0656. The molecule has 0 unspecified atom stereocenters. The second-order valence-corrected chi connectivity index (χ2v) is 7.74. The Labute approximate surface area is 166 Å². The van der Waals surface area contributed by atoms with Gasteiger partial charge in [0.1, 0.15) is 16.5 Å². The number of amides is 1. The van der Waals surface area contributed by atoms with Crippen LogP contribution in [0, 0.1) is 6.92 Å². The number of aryl methyl sites for hydroxylation is 1. The van der Waals surface area contributed by atoms with E-state index in [1.807, 2.05) is 31.2 Å². The van der Waals surface area contributed by atoms with E-state index in [1.165, 1.54) is 0 Å². The number of benzene rings is 1. The van der Waals surface area contributed by atoms with Gasteiger partial charge in [-0.1, -0.05) is 5.16 Å². The number of thiazole rings is 1. The molecule has 0 aliphatic heterocycles. The average Bonchev–Trinajstić information content (AvgIpc) is 3.29. The number of carbonyl (C=O) groups excluding carboxylic acids is 1. The standard InChI is InChI=1S/C19H21N3O3S2/c1-3-24-16-6-4-14(5-7-16)19-20-15(12-27-19)11-26-9-8-18(23)21-17-10-13(2)25-22-17/h4-7,10,12H,3,8-9,11H2,1-2H3,(H,21,22,23). The Bertz CT molecular complexity index is 874. The van der Waals surface area contributed by atoms with Crippen LogP contribution in [-0.4, -0.2) is 28.4 Å². The fraction of sp³-hybridized carbons (Fsp3) is 0.316. The summed E-state index contributed by atoms with van der Waals surface area (Å²) in [5, 5.41) is 9.53. The number of carbonyl (C=O) groups is 1. The van der Waals surface area contributed by atoms with Crippen LogP contribution in [0.4, 0.5) is 5.82 Å². The molecule has 0 aliphatic rings.